The van der Waals surface area contributed by atoms with Gasteiger partial charge in [0, 0.05) is 63.8 Å². The second-order valence-corrected chi connectivity index (χ2v) is 20.8. The number of aliphatic carboxylic acids is 1. The van der Waals surface area contributed by atoms with Crippen LogP contribution in [-0.2, 0) is 52.4 Å². The highest BCUT2D eigenvalue weighted by Crippen LogP contribution is 2.39. The Balaban J connectivity index is 1.04. The van der Waals surface area contributed by atoms with E-state index in [0.29, 0.717) is 56.9 Å². The van der Waals surface area contributed by atoms with E-state index < -0.39 is 142 Å². The number of fused-ring (bicyclic) bond motifs is 1. The van der Waals surface area contributed by atoms with Crippen molar-refractivity contribution < 1.29 is 108 Å². The first-order chi connectivity index (χ1) is 35.7. The number of thioether (sulfide) groups is 1. The lowest BCUT2D eigenvalue weighted by atomic mass is 9.88. The van der Waals surface area contributed by atoms with Gasteiger partial charge in [0.05, 0.1) is 44.1 Å². The van der Waals surface area contributed by atoms with E-state index >= 15 is 0 Å². The molecule has 5 saturated heterocycles. The van der Waals surface area contributed by atoms with Gasteiger partial charge in [-0.05, 0) is 44.9 Å². The summed E-state index contributed by atoms with van der Waals surface area (Å²) in [5, 5.41) is 124. The van der Waals surface area contributed by atoms with E-state index in [1.165, 1.54) is 0 Å². The van der Waals surface area contributed by atoms with E-state index in [9.17, 15) is 79.8 Å². The van der Waals surface area contributed by atoms with Crippen molar-refractivity contribution in [2.75, 3.05) is 45.3 Å². The number of hydrogen-bond donors (Lipinski definition) is 16. The quantitative estimate of drug-likeness (QED) is 0.0236. The zero-order chi connectivity index (χ0) is 55.0. The minimum Gasteiger partial charge on any atom is -0.477 e. The fourth-order valence-electron chi connectivity index (χ4n) is 9.79. The maximum Gasteiger partial charge on any atom is 0.364 e. The number of aliphatic hydroxyl groups excluding tert-OH is 9. The predicted octanol–water partition coefficient (Wildman–Crippen LogP) is -5.37. The number of rotatable bonds is 30. The fraction of sp³-hybridized carbons (Fsp3) is 0.870. The molecule has 0 spiro atoms. The third-order valence-electron chi connectivity index (χ3n) is 13.8. The zero-order valence-electron chi connectivity index (χ0n) is 42.1. The number of aliphatic hydroxyl groups is 9. The summed E-state index contributed by atoms with van der Waals surface area (Å²) in [6.45, 7) is 0.275. The SMILES string of the molecule is CC(=O)N[C@H]1[C@H](OCCCCCNC(=O)CCCCCNC(=O)CCCC[C@@H]2SC[C@@H]3NC(=O)N[C@@H]32)O[C@H](CO)[C@@H](O[C@@H]2O[C@H](CO)[C@H](O)[C@H](O[C@]3(C(=O)O)C[C@H](O)[C@@H](NC(C)=O)[C@H]([C@H](O)[C@H](O)CO)O3)[C@H]2O)[C@@H]1O. The molecule has 5 heterocycles. The second kappa shape index (κ2) is 29.9. The Morgan fingerprint density at radius 3 is 1.99 bits per heavy atom. The number of carboxylic acid groups (broad SMARTS) is 1. The molecule has 0 radical (unpaired) electrons. The Labute approximate surface area is 437 Å². The van der Waals surface area contributed by atoms with Crippen molar-refractivity contribution in [3.63, 3.8) is 0 Å². The van der Waals surface area contributed by atoms with Crippen molar-refractivity contribution in [1.29, 1.82) is 0 Å². The van der Waals surface area contributed by atoms with E-state index in [2.05, 4.69) is 31.9 Å². The summed E-state index contributed by atoms with van der Waals surface area (Å²) in [5.41, 5.74) is 0. The molecular formula is C46H78N6O22S. The number of carboxylic acids is 1. The fourth-order valence-corrected chi connectivity index (χ4v) is 11.3. The normalized spacial score (nSPS) is 35.3. The Hall–Kier alpha value is -3.63. The van der Waals surface area contributed by atoms with Crippen LogP contribution in [0.4, 0.5) is 4.79 Å². The number of ether oxygens (including phenoxy) is 6. The molecule has 0 aromatic heterocycles. The van der Waals surface area contributed by atoms with Crippen LogP contribution in [0.25, 0.3) is 0 Å². The van der Waals surface area contributed by atoms with Crippen molar-refractivity contribution in [3.05, 3.63) is 0 Å². The van der Waals surface area contributed by atoms with Gasteiger partial charge in [0.25, 0.3) is 5.79 Å². The van der Waals surface area contributed by atoms with Crippen LogP contribution in [0.5, 0.6) is 0 Å². The third-order valence-corrected chi connectivity index (χ3v) is 15.3. The summed E-state index contributed by atoms with van der Waals surface area (Å²) in [4.78, 5) is 73.5. The molecule has 0 aromatic rings. The lowest BCUT2D eigenvalue weighted by Gasteiger charge is -2.51. The number of carbonyl (C=O) groups excluding carboxylic acids is 5. The van der Waals surface area contributed by atoms with Gasteiger partial charge in [-0.25, -0.2) is 9.59 Å². The van der Waals surface area contributed by atoms with Crippen LogP contribution < -0.4 is 31.9 Å². The van der Waals surface area contributed by atoms with Gasteiger partial charge in [-0.15, -0.1) is 0 Å². The van der Waals surface area contributed by atoms with Gasteiger partial charge in [-0.3, -0.25) is 19.2 Å². The Morgan fingerprint density at radius 2 is 1.37 bits per heavy atom. The first-order valence-corrected chi connectivity index (χ1v) is 26.6. The van der Waals surface area contributed by atoms with Crippen LogP contribution in [-0.4, -0.2) is 247 Å². The van der Waals surface area contributed by atoms with Gasteiger partial charge in [0.2, 0.25) is 23.6 Å². The van der Waals surface area contributed by atoms with Crippen LogP contribution in [0.1, 0.15) is 90.9 Å². The maximum absolute atomic E-state index is 12.9. The molecule has 28 nitrogen and oxygen atoms in total. The molecule has 0 aromatic carbocycles. The summed E-state index contributed by atoms with van der Waals surface area (Å²) in [6.07, 6.45) is -18.2. The summed E-state index contributed by atoms with van der Waals surface area (Å²) in [5.74, 6) is -5.64. The molecule has 5 rings (SSSR count). The summed E-state index contributed by atoms with van der Waals surface area (Å²) in [7, 11) is 0. The second-order valence-electron chi connectivity index (χ2n) is 19.5. The van der Waals surface area contributed by atoms with Gasteiger partial charge in [0.1, 0.15) is 67.1 Å². The number of carbonyl (C=O) groups is 6. The average molecular weight is 1100 g/mol. The molecule has 5 aliphatic rings. The van der Waals surface area contributed by atoms with Gasteiger partial charge in [-0.2, -0.15) is 11.8 Å². The van der Waals surface area contributed by atoms with Crippen molar-refractivity contribution in [2.45, 2.75) is 206 Å². The van der Waals surface area contributed by atoms with E-state index in [0.717, 1.165) is 51.7 Å². The molecule has 29 heteroatoms. The molecular weight excluding hydrogens is 1020 g/mol. The van der Waals surface area contributed by atoms with Gasteiger partial charge in [-0.1, -0.05) is 12.8 Å². The molecule has 430 valence electrons. The Bertz CT molecular complexity index is 1870. The first kappa shape index (κ1) is 62.2. The molecule has 5 fully saturated rings. The van der Waals surface area contributed by atoms with E-state index in [1.807, 2.05) is 11.8 Å². The first-order valence-electron chi connectivity index (χ1n) is 25.6. The average Bonchev–Trinajstić information content (AvgIpc) is 3.93. The monoisotopic (exact) mass is 1100 g/mol. The van der Waals surface area contributed by atoms with Crippen molar-refractivity contribution in [1.82, 2.24) is 31.9 Å². The van der Waals surface area contributed by atoms with Gasteiger partial charge < -0.3 is 111 Å². The highest BCUT2D eigenvalue weighted by atomic mass is 32.2. The standard InChI is InChI=1S/C46H78N6O22S/c1-22(56)49-33-25(58)17-46(44(66)67,73-40(33)35(62)26(59)18-53)74-41-36(63)27(19-54)70-43(38(41)65)72-39-28(20-55)71-42(34(37(39)64)50-23(2)57)69-16-10-4-9-15-48-30(60)12-5-3-8-14-47-31(61)13-7-6-11-29-32-24(21-75-29)51-45(68)52-32/h24-29,32-43,53-55,58-59,62-65H,3-21H2,1-2H3,(H,47,61)(H,48,60)(H,49,56)(H,50,57)(H,66,67)(H2,51,52,68)/t24-,25-,26+,27+,28+,29-,32-,33+,34+,35+,36-,37+,38+,39+,40+,41-,42+,43-,46-/m0/s1. The Kier molecular flexibility index (Phi) is 24.8. The van der Waals surface area contributed by atoms with Crippen molar-refractivity contribution >= 4 is 47.4 Å². The third kappa shape index (κ3) is 17.2. The highest BCUT2D eigenvalue weighted by Gasteiger charge is 2.60. The van der Waals surface area contributed by atoms with E-state index in [4.69, 9.17) is 28.4 Å². The maximum atomic E-state index is 12.9. The van der Waals surface area contributed by atoms with Crippen LogP contribution >= 0.6 is 11.8 Å². The van der Waals surface area contributed by atoms with E-state index in [-0.39, 0.29) is 36.5 Å². The predicted molar refractivity (Wildman–Crippen MR) is 258 cm³/mol. The summed E-state index contributed by atoms with van der Waals surface area (Å²) < 4.78 is 34.7. The Morgan fingerprint density at radius 1 is 0.760 bits per heavy atom. The lowest BCUT2D eigenvalue weighted by Crippen LogP contribution is -2.71. The highest BCUT2D eigenvalue weighted by molar-refractivity contribution is 8.00. The molecule has 5 aliphatic heterocycles. The largest absolute Gasteiger partial charge is 0.477 e. The topological polar surface area (TPSA) is 432 Å². The lowest BCUT2D eigenvalue weighted by molar-refractivity contribution is -0.382. The van der Waals surface area contributed by atoms with E-state index in [1.54, 1.807) is 0 Å². The molecule has 6 amide bonds. The van der Waals surface area contributed by atoms with Gasteiger partial charge >= 0.3 is 12.0 Å². The van der Waals surface area contributed by atoms with Crippen LogP contribution in [0.3, 0.4) is 0 Å². The number of nitrogens with one attached hydrogen (secondary N) is 6. The molecule has 0 saturated carbocycles. The minimum absolute atomic E-state index is 0.00183. The molecule has 75 heavy (non-hydrogen) atoms. The number of unbranched alkanes of at least 4 members (excludes halogenated alkanes) is 5. The molecule has 0 aliphatic carbocycles. The summed E-state index contributed by atoms with van der Waals surface area (Å²) in [6, 6.07) is -2.70. The van der Waals surface area contributed by atoms with Gasteiger partial charge in [0.15, 0.2) is 12.6 Å². The van der Waals surface area contributed by atoms with Crippen molar-refractivity contribution in [3.8, 4) is 0 Å². The number of amides is 6. The van der Waals surface area contributed by atoms with Crippen LogP contribution in [0.2, 0.25) is 0 Å². The van der Waals surface area contributed by atoms with Crippen LogP contribution in [0, 0.1) is 0 Å². The number of hydrogen-bond acceptors (Lipinski definition) is 22. The minimum atomic E-state index is -3.07. The van der Waals surface area contributed by atoms with Crippen LogP contribution in [0.15, 0.2) is 0 Å². The molecule has 0 unspecified atom stereocenters. The van der Waals surface area contributed by atoms with Crippen molar-refractivity contribution in [2.24, 2.45) is 0 Å². The zero-order valence-corrected chi connectivity index (χ0v) is 42.9. The molecule has 19 atom stereocenters. The molecule has 16 N–H and O–H groups in total. The number of urea groups is 1. The summed E-state index contributed by atoms with van der Waals surface area (Å²) >= 11 is 1.86. The smallest absolute Gasteiger partial charge is 0.364 e. The molecule has 0 bridgehead atoms.